The molecule has 1 aliphatic heterocycles. The molecular weight excluding hydrogens is 392 g/mol. The first kappa shape index (κ1) is 21.1. The monoisotopic (exact) mass is 418 g/mol. The number of fused-ring (bicyclic) bond motifs is 1. The highest BCUT2D eigenvalue weighted by Crippen LogP contribution is 2.34. The first-order valence-corrected chi connectivity index (χ1v) is 10.8. The fraction of sp³-hybridized carbons (Fsp3) is 0.381. The second-order valence-electron chi connectivity index (χ2n) is 7.22. The Balaban J connectivity index is 2.05. The fourth-order valence-electron chi connectivity index (χ4n) is 3.47. The Morgan fingerprint density at radius 2 is 1.72 bits per heavy atom. The lowest BCUT2D eigenvalue weighted by molar-refractivity contribution is -0.125. The Morgan fingerprint density at radius 3 is 2.34 bits per heavy atom. The molecule has 0 saturated heterocycles. The van der Waals surface area contributed by atoms with Crippen molar-refractivity contribution in [3.05, 3.63) is 53.6 Å². The van der Waals surface area contributed by atoms with Crippen LogP contribution < -0.4 is 14.8 Å². The van der Waals surface area contributed by atoms with Crippen LogP contribution in [0.5, 0.6) is 11.5 Å². The van der Waals surface area contributed by atoms with Gasteiger partial charge in [-0.1, -0.05) is 24.3 Å². The largest absolute Gasteiger partial charge is 0.493 e. The molecule has 156 valence electrons. The molecule has 1 atom stereocenters. The van der Waals surface area contributed by atoms with E-state index >= 15 is 0 Å². The maximum Gasteiger partial charge on any atom is 0.244 e. The average Bonchev–Trinajstić information content (AvgIpc) is 2.71. The van der Waals surface area contributed by atoms with Crippen LogP contribution in [-0.2, 0) is 27.8 Å². The van der Waals surface area contributed by atoms with Crippen LogP contribution >= 0.6 is 0 Å². The van der Waals surface area contributed by atoms with E-state index in [1.807, 2.05) is 38.1 Å². The van der Waals surface area contributed by atoms with Gasteiger partial charge < -0.3 is 14.8 Å². The Labute approximate surface area is 171 Å². The van der Waals surface area contributed by atoms with Crippen molar-refractivity contribution in [1.29, 1.82) is 0 Å². The van der Waals surface area contributed by atoms with Crippen molar-refractivity contribution in [1.82, 2.24) is 9.62 Å². The molecule has 0 saturated carbocycles. The summed E-state index contributed by atoms with van der Waals surface area (Å²) in [5, 5.41) is 2.85. The zero-order valence-corrected chi connectivity index (χ0v) is 17.8. The van der Waals surface area contributed by atoms with Gasteiger partial charge in [0.05, 0.1) is 19.1 Å². The molecule has 7 nitrogen and oxygen atoms in total. The van der Waals surface area contributed by atoms with Gasteiger partial charge in [-0.3, -0.25) is 4.79 Å². The zero-order chi connectivity index (χ0) is 21.2. The van der Waals surface area contributed by atoms with E-state index < -0.39 is 16.1 Å². The average molecular weight is 419 g/mol. The van der Waals surface area contributed by atoms with Gasteiger partial charge in [-0.05, 0) is 43.5 Å². The molecule has 2 aromatic carbocycles. The lowest BCUT2D eigenvalue weighted by atomic mass is 9.95. The third-order valence-electron chi connectivity index (χ3n) is 4.90. The summed E-state index contributed by atoms with van der Waals surface area (Å²) < 4.78 is 38.8. The molecule has 0 aromatic heterocycles. The van der Waals surface area contributed by atoms with Crippen LogP contribution in [0.4, 0.5) is 0 Å². The van der Waals surface area contributed by atoms with Gasteiger partial charge in [0.2, 0.25) is 15.9 Å². The zero-order valence-electron chi connectivity index (χ0n) is 17.0. The van der Waals surface area contributed by atoms with E-state index in [0.29, 0.717) is 17.9 Å². The second-order valence-corrected chi connectivity index (χ2v) is 9.11. The summed E-state index contributed by atoms with van der Waals surface area (Å²) in [7, 11) is -1.02. The molecule has 0 aliphatic carbocycles. The molecule has 3 rings (SSSR count). The van der Waals surface area contributed by atoms with Crippen molar-refractivity contribution < 1.29 is 22.7 Å². The van der Waals surface area contributed by atoms with E-state index in [1.165, 1.54) is 30.7 Å². The van der Waals surface area contributed by atoms with Crippen LogP contribution in [0.15, 0.2) is 47.4 Å². The highest BCUT2D eigenvalue weighted by Gasteiger charge is 2.40. The third kappa shape index (κ3) is 4.23. The van der Waals surface area contributed by atoms with Crippen LogP contribution in [0, 0.1) is 0 Å². The molecule has 1 N–H and O–H groups in total. The molecule has 0 spiro atoms. The van der Waals surface area contributed by atoms with E-state index in [4.69, 9.17) is 9.47 Å². The van der Waals surface area contributed by atoms with Crippen molar-refractivity contribution >= 4 is 15.9 Å². The molecule has 1 aliphatic rings. The van der Waals surface area contributed by atoms with E-state index in [0.717, 1.165) is 11.1 Å². The lowest BCUT2D eigenvalue weighted by Crippen LogP contribution is -2.53. The van der Waals surface area contributed by atoms with Gasteiger partial charge in [0, 0.05) is 18.7 Å². The number of nitrogens with zero attached hydrogens (tertiary/aromatic N) is 1. The Hall–Kier alpha value is -2.58. The molecular formula is C21H26N2O5S. The minimum atomic E-state index is -3.96. The highest BCUT2D eigenvalue weighted by atomic mass is 32.2. The van der Waals surface area contributed by atoms with Crippen molar-refractivity contribution in [2.24, 2.45) is 0 Å². The van der Waals surface area contributed by atoms with Gasteiger partial charge in [-0.25, -0.2) is 8.42 Å². The number of amides is 1. The molecule has 29 heavy (non-hydrogen) atoms. The molecule has 0 fully saturated rings. The predicted octanol–water partition coefficient (Wildman–Crippen LogP) is 2.34. The van der Waals surface area contributed by atoms with E-state index in [9.17, 15) is 13.2 Å². The number of sulfonamides is 1. The quantitative estimate of drug-likeness (QED) is 0.778. The van der Waals surface area contributed by atoms with E-state index in [2.05, 4.69) is 5.32 Å². The van der Waals surface area contributed by atoms with Crippen molar-refractivity contribution in [3.8, 4) is 11.5 Å². The topological polar surface area (TPSA) is 84.9 Å². The standard InChI is InChI=1S/C21H26N2O5S/c1-14(2)22-21(24)18-11-15-7-5-6-8-16(15)13-23(18)29(25,26)17-9-10-19(27-3)20(12-17)28-4/h5-10,12,14,18H,11,13H2,1-4H3,(H,22,24). The lowest BCUT2D eigenvalue weighted by Gasteiger charge is -2.35. The molecule has 0 bridgehead atoms. The molecule has 0 radical (unpaired) electrons. The molecule has 1 heterocycles. The second kappa shape index (κ2) is 8.42. The van der Waals surface area contributed by atoms with E-state index in [1.54, 1.807) is 6.07 Å². The number of hydrogen-bond donors (Lipinski definition) is 1. The van der Waals surface area contributed by atoms with Crippen LogP contribution in [0.1, 0.15) is 25.0 Å². The molecule has 8 heteroatoms. The first-order valence-electron chi connectivity index (χ1n) is 9.39. The van der Waals surface area contributed by atoms with Crippen molar-refractivity contribution in [2.75, 3.05) is 14.2 Å². The smallest absolute Gasteiger partial charge is 0.244 e. The summed E-state index contributed by atoms with van der Waals surface area (Å²) in [5.74, 6) is 0.442. The normalized spacial score (nSPS) is 16.9. The summed E-state index contributed by atoms with van der Waals surface area (Å²) in [5.41, 5.74) is 1.88. The Bertz CT molecular complexity index is 1000. The minimum Gasteiger partial charge on any atom is -0.493 e. The van der Waals surface area contributed by atoms with E-state index in [-0.39, 0.29) is 23.4 Å². The van der Waals surface area contributed by atoms with Crippen molar-refractivity contribution in [2.45, 2.75) is 43.8 Å². The fourth-order valence-corrected chi connectivity index (χ4v) is 5.05. The maximum atomic E-state index is 13.5. The first-order chi connectivity index (χ1) is 13.8. The van der Waals surface area contributed by atoms with Gasteiger partial charge in [0.15, 0.2) is 11.5 Å². The summed E-state index contributed by atoms with van der Waals surface area (Å²) in [4.78, 5) is 12.9. The van der Waals surface area contributed by atoms with Gasteiger partial charge in [0.25, 0.3) is 0 Å². The molecule has 1 unspecified atom stereocenters. The van der Waals surface area contributed by atoms with Crippen LogP contribution in [0.2, 0.25) is 0 Å². The molecule has 2 aromatic rings. The SMILES string of the molecule is COc1ccc(S(=O)(=O)N2Cc3ccccc3CC2C(=O)NC(C)C)cc1OC. The number of nitrogens with one attached hydrogen (secondary N) is 1. The number of carbonyl (C=O) groups excluding carboxylic acids is 1. The van der Waals surface area contributed by atoms with Crippen LogP contribution in [-0.4, -0.2) is 44.9 Å². The summed E-state index contributed by atoms with van der Waals surface area (Å²) >= 11 is 0. The van der Waals surface area contributed by atoms with Gasteiger partial charge in [-0.2, -0.15) is 4.31 Å². The Morgan fingerprint density at radius 1 is 1.07 bits per heavy atom. The summed E-state index contributed by atoms with van der Waals surface area (Å²) in [6.07, 6.45) is 0.321. The minimum absolute atomic E-state index is 0.0527. The van der Waals surface area contributed by atoms with Gasteiger partial charge in [0.1, 0.15) is 6.04 Å². The predicted molar refractivity (Wildman–Crippen MR) is 109 cm³/mol. The number of benzene rings is 2. The highest BCUT2D eigenvalue weighted by molar-refractivity contribution is 7.89. The molecule has 1 amide bonds. The summed E-state index contributed by atoms with van der Waals surface area (Å²) in [6, 6.07) is 11.1. The number of methoxy groups -OCH3 is 2. The number of carbonyl (C=O) groups is 1. The number of hydrogen-bond acceptors (Lipinski definition) is 5. The van der Waals surface area contributed by atoms with Crippen molar-refractivity contribution in [3.63, 3.8) is 0 Å². The van der Waals surface area contributed by atoms with Crippen LogP contribution in [0.25, 0.3) is 0 Å². The Kier molecular flexibility index (Phi) is 6.14. The maximum absolute atomic E-state index is 13.5. The summed E-state index contributed by atoms with van der Waals surface area (Å²) in [6.45, 7) is 3.83. The van der Waals surface area contributed by atoms with Gasteiger partial charge >= 0.3 is 0 Å². The number of rotatable bonds is 6. The third-order valence-corrected chi connectivity index (χ3v) is 6.75. The van der Waals surface area contributed by atoms with Gasteiger partial charge in [-0.15, -0.1) is 0 Å². The number of ether oxygens (including phenoxy) is 2. The van der Waals surface area contributed by atoms with Crippen LogP contribution in [0.3, 0.4) is 0 Å².